The standard InChI is InChI=1S/C31H35N7O5S2/c1-18(2)25-30-35-22(16-45-30)27(40)32-11-13-38(31(42)23-15-44-17-33-23)12-7-10-24(39)34-21(14-20-8-5-4-6-9-20)29-37-26(19(3)43-29)28(41)36-25/h4-6,8-9,15-18,21,25H,7,10-14H2,1-3H3,(H,32,40)(H,34,39)(H,36,41)/t21-,25-/m0/s1. The van der Waals surface area contributed by atoms with Crippen LogP contribution in [0.15, 0.2) is 51.0 Å². The number of amides is 4. The smallest absolute Gasteiger partial charge is 0.274 e. The van der Waals surface area contributed by atoms with Gasteiger partial charge in [-0.1, -0.05) is 44.2 Å². The minimum atomic E-state index is -0.629. The molecule has 1 aromatic carbocycles. The Morgan fingerprint density at radius 1 is 1.07 bits per heavy atom. The van der Waals surface area contributed by atoms with Crippen LogP contribution < -0.4 is 16.0 Å². The van der Waals surface area contributed by atoms with Gasteiger partial charge < -0.3 is 25.3 Å². The van der Waals surface area contributed by atoms with Crippen LogP contribution in [0.25, 0.3) is 0 Å². The number of aryl methyl sites for hydroxylation is 1. The molecule has 3 N–H and O–H groups in total. The summed E-state index contributed by atoms with van der Waals surface area (Å²) in [7, 11) is 0. The third-order valence-corrected chi connectivity index (χ3v) is 8.87. The monoisotopic (exact) mass is 649 g/mol. The number of carbonyl (C=O) groups excluding carboxylic acids is 4. The lowest BCUT2D eigenvalue weighted by Crippen LogP contribution is -2.40. The van der Waals surface area contributed by atoms with Gasteiger partial charge in [0, 0.05) is 43.2 Å². The maximum Gasteiger partial charge on any atom is 0.274 e. The minimum absolute atomic E-state index is 0.0454. The average Bonchev–Trinajstić information content (AvgIpc) is 3.80. The number of hydrogen-bond acceptors (Lipinski definition) is 10. The molecular weight excluding hydrogens is 615 g/mol. The zero-order valence-electron chi connectivity index (χ0n) is 25.2. The highest BCUT2D eigenvalue weighted by atomic mass is 32.1. The van der Waals surface area contributed by atoms with E-state index in [-0.39, 0.29) is 67.0 Å². The van der Waals surface area contributed by atoms with Crippen molar-refractivity contribution in [1.29, 1.82) is 0 Å². The first kappa shape index (κ1) is 32.0. The van der Waals surface area contributed by atoms with E-state index < -0.39 is 18.0 Å². The summed E-state index contributed by atoms with van der Waals surface area (Å²) in [6.07, 6.45) is 0.902. The van der Waals surface area contributed by atoms with Crippen LogP contribution in [-0.2, 0) is 11.2 Å². The Hall–Kier alpha value is -4.43. The number of nitrogens with zero attached hydrogens (tertiary/aromatic N) is 4. The van der Waals surface area contributed by atoms with Crippen LogP contribution >= 0.6 is 22.7 Å². The fraction of sp³-hybridized carbons (Fsp3) is 0.387. The Morgan fingerprint density at radius 3 is 2.60 bits per heavy atom. The van der Waals surface area contributed by atoms with Crippen LogP contribution in [0.4, 0.5) is 0 Å². The van der Waals surface area contributed by atoms with Gasteiger partial charge in [-0.2, -0.15) is 0 Å². The molecule has 14 heteroatoms. The van der Waals surface area contributed by atoms with Crippen molar-refractivity contribution in [3.8, 4) is 0 Å². The fourth-order valence-corrected chi connectivity index (χ4v) is 6.52. The summed E-state index contributed by atoms with van der Waals surface area (Å²) in [6.45, 7) is 6.24. The lowest BCUT2D eigenvalue weighted by Gasteiger charge is -2.22. The molecule has 4 heterocycles. The number of oxazole rings is 1. The van der Waals surface area contributed by atoms with Gasteiger partial charge in [0.25, 0.3) is 17.7 Å². The molecule has 45 heavy (non-hydrogen) atoms. The van der Waals surface area contributed by atoms with E-state index in [9.17, 15) is 19.2 Å². The third kappa shape index (κ3) is 8.00. The molecule has 4 amide bonds. The van der Waals surface area contributed by atoms with E-state index >= 15 is 0 Å². The number of nitrogens with one attached hydrogen (secondary N) is 3. The quantitative estimate of drug-likeness (QED) is 0.298. The van der Waals surface area contributed by atoms with Gasteiger partial charge in [-0.3, -0.25) is 19.2 Å². The van der Waals surface area contributed by atoms with E-state index in [2.05, 4.69) is 30.9 Å². The molecule has 0 saturated heterocycles. The van der Waals surface area contributed by atoms with E-state index in [1.54, 1.807) is 28.1 Å². The maximum atomic E-state index is 13.5. The highest BCUT2D eigenvalue weighted by Gasteiger charge is 2.29. The van der Waals surface area contributed by atoms with Crippen LogP contribution in [0.2, 0.25) is 0 Å². The molecule has 5 rings (SSSR count). The number of benzene rings is 1. The number of carbonyl (C=O) groups is 4. The molecule has 1 aliphatic rings. The van der Waals surface area contributed by atoms with E-state index in [4.69, 9.17) is 4.42 Å². The molecule has 0 saturated carbocycles. The summed E-state index contributed by atoms with van der Waals surface area (Å²) < 4.78 is 5.98. The molecule has 0 unspecified atom stereocenters. The molecule has 0 spiro atoms. The van der Waals surface area contributed by atoms with Gasteiger partial charge >= 0.3 is 0 Å². The van der Waals surface area contributed by atoms with Crippen LogP contribution in [0, 0.1) is 12.8 Å². The highest BCUT2D eigenvalue weighted by Crippen LogP contribution is 2.27. The first-order valence-electron chi connectivity index (χ1n) is 14.7. The van der Waals surface area contributed by atoms with Crippen molar-refractivity contribution < 1.29 is 23.6 Å². The number of hydrogen-bond donors (Lipinski definition) is 3. The summed E-state index contributed by atoms with van der Waals surface area (Å²) in [5, 5.41) is 12.8. The second-order valence-electron chi connectivity index (χ2n) is 11.1. The zero-order valence-corrected chi connectivity index (χ0v) is 26.9. The molecule has 0 radical (unpaired) electrons. The van der Waals surface area contributed by atoms with Gasteiger partial charge in [0.15, 0.2) is 5.69 Å². The molecule has 1 aliphatic heterocycles. The van der Waals surface area contributed by atoms with Crippen molar-refractivity contribution in [3.05, 3.63) is 85.9 Å². The number of rotatable bonds is 4. The van der Waals surface area contributed by atoms with Gasteiger partial charge in [0.05, 0.1) is 11.6 Å². The highest BCUT2D eigenvalue weighted by molar-refractivity contribution is 7.10. The maximum absolute atomic E-state index is 13.5. The normalized spacial score (nSPS) is 18.7. The lowest BCUT2D eigenvalue weighted by atomic mass is 10.0. The second-order valence-corrected chi connectivity index (χ2v) is 12.7. The molecule has 4 aromatic rings. The average molecular weight is 650 g/mol. The van der Waals surface area contributed by atoms with E-state index in [1.807, 2.05) is 44.2 Å². The Morgan fingerprint density at radius 2 is 1.87 bits per heavy atom. The van der Waals surface area contributed by atoms with Crippen LogP contribution in [0.1, 0.15) is 92.5 Å². The molecule has 236 valence electrons. The van der Waals surface area contributed by atoms with Crippen molar-refractivity contribution in [3.63, 3.8) is 0 Å². The Bertz CT molecular complexity index is 1630. The van der Waals surface area contributed by atoms with E-state index in [0.29, 0.717) is 29.3 Å². The van der Waals surface area contributed by atoms with E-state index in [0.717, 1.165) is 5.56 Å². The van der Waals surface area contributed by atoms with Gasteiger partial charge in [0.1, 0.15) is 28.2 Å². The molecule has 0 aliphatic carbocycles. The number of aromatic nitrogens is 3. The predicted molar refractivity (Wildman–Crippen MR) is 169 cm³/mol. The SMILES string of the molecule is Cc1oc2nc1C(=O)N[C@@H](C(C)C)c1nc(cs1)C(=O)NCCN(C(=O)c1cscn1)CCCC(=O)N[C@H]2Cc1ccccc1. The largest absolute Gasteiger partial charge is 0.443 e. The molecule has 0 fully saturated rings. The van der Waals surface area contributed by atoms with Gasteiger partial charge in [0.2, 0.25) is 11.8 Å². The van der Waals surface area contributed by atoms with E-state index in [1.165, 1.54) is 22.7 Å². The molecule has 3 aromatic heterocycles. The molecule has 12 nitrogen and oxygen atoms in total. The summed E-state index contributed by atoms with van der Waals surface area (Å²) in [4.78, 5) is 67.6. The van der Waals surface area contributed by atoms with Gasteiger partial charge in [-0.05, 0) is 24.8 Å². The zero-order chi connectivity index (χ0) is 31.9. The van der Waals surface area contributed by atoms with Crippen molar-refractivity contribution in [1.82, 2.24) is 35.8 Å². The van der Waals surface area contributed by atoms with Crippen molar-refractivity contribution in [2.45, 2.75) is 52.1 Å². The molecular formula is C31H35N7O5S2. The lowest BCUT2D eigenvalue weighted by molar-refractivity contribution is -0.122. The number of fused-ring (bicyclic) bond motifs is 4. The topological polar surface area (TPSA) is 159 Å². The second kappa shape index (κ2) is 14.6. The third-order valence-electron chi connectivity index (χ3n) is 7.36. The fourth-order valence-electron chi connectivity index (χ4n) is 4.97. The van der Waals surface area contributed by atoms with Crippen LogP contribution in [0.3, 0.4) is 0 Å². The van der Waals surface area contributed by atoms with Crippen LogP contribution in [0.5, 0.6) is 0 Å². The van der Waals surface area contributed by atoms with Crippen molar-refractivity contribution in [2.24, 2.45) is 5.92 Å². The molecule has 4 bridgehead atoms. The first-order chi connectivity index (χ1) is 21.7. The minimum Gasteiger partial charge on any atom is -0.443 e. The van der Waals surface area contributed by atoms with Crippen molar-refractivity contribution in [2.75, 3.05) is 19.6 Å². The van der Waals surface area contributed by atoms with Gasteiger partial charge in [-0.25, -0.2) is 15.0 Å². The first-order valence-corrected chi connectivity index (χ1v) is 16.5. The summed E-state index contributed by atoms with van der Waals surface area (Å²) in [6, 6.07) is 8.52. The predicted octanol–water partition coefficient (Wildman–Crippen LogP) is 4.09. The van der Waals surface area contributed by atoms with Gasteiger partial charge in [-0.15, -0.1) is 22.7 Å². The molecule has 2 atom stereocenters. The Labute approximate surface area is 268 Å². The van der Waals surface area contributed by atoms with Crippen molar-refractivity contribution >= 4 is 46.3 Å². The summed E-state index contributed by atoms with van der Waals surface area (Å²) in [5.74, 6) is -0.855. The summed E-state index contributed by atoms with van der Waals surface area (Å²) >= 11 is 2.60. The Balaban J connectivity index is 1.45. The van der Waals surface area contributed by atoms with Crippen LogP contribution in [-0.4, -0.2) is 63.1 Å². The summed E-state index contributed by atoms with van der Waals surface area (Å²) in [5.41, 5.74) is 3.20. The Kier molecular flexibility index (Phi) is 10.4. The number of thiazole rings is 2.